The van der Waals surface area contributed by atoms with Crippen LogP contribution >= 0.6 is 12.4 Å². The van der Waals surface area contributed by atoms with E-state index in [9.17, 15) is 4.79 Å². The first kappa shape index (κ1) is 17.2. The van der Waals surface area contributed by atoms with Crippen LogP contribution in [0.25, 0.3) is 5.69 Å². The van der Waals surface area contributed by atoms with Crippen LogP contribution in [0.15, 0.2) is 42.7 Å². The zero-order valence-corrected chi connectivity index (χ0v) is 13.1. The van der Waals surface area contributed by atoms with Crippen molar-refractivity contribution in [1.82, 2.24) is 15.1 Å². The zero-order chi connectivity index (χ0) is 14.6. The molecule has 114 valence electrons. The van der Waals surface area contributed by atoms with Crippen LogP contribution in [0.3, 0.4) is 0 Å². The number of hydrogen-bond donors (Lipinski definition) is 2. The molecule has 0 atom stereocenters. The highest BCUT2D eigenvalue weighted by molar-refractivity contribution is 5.85. The molecule has 0 saturated carbocycles. The van der Waals surface area contributed by atoms with Crippen LogP contribution in [0, 0.1) is 5.41 Å². The van der Waals surface area contributed by atoms with Gasteiger partial charge in [-0.15, -0.1) is 12.4 Å². The number of benzene rings is 1. The normalized spacial score (nSPS) is 10.8. The molecule has 0 fully saturated rings. The predicted octanol–water partition coefficient (Wildman–Crippen LogP) is 1.90. The van der Waals surface area contributed by atoms with Crippen LogP contribution in [0.5, 0.6) is 0 Å². The van der Waals surface area contributed by atoms with Crippen molar-refractivity contribution in [2.75, 3.05) is 6.54 Å². The lowest BCUT2D eigenvalue weighted by molar-refractivity contribution is -0.129. The second kappa shape index (κ2) is 7.24. The minimum atomic E-state index is -0.555. The number of nitrogens with zero attached hydrogens (tertiary/aromatic N) is 2. The predicted molar refractivity (Wildman–Crippen MR) is 85.5 cm³/mol. The highest BCUT2D eigenvalue weighted by Gasteiger charge is 2.25. The van der Waals surface area contributed by atoms with Gasteiger partial charge in [0.25, 0.3) is 0 Å². The molecular weight excluding hydrogens is 288 g/mol. The van der Waals surface area contributed by atoms with Gasteiger partial charge in [-0.25, -0.2) is 4.68 Å². The summed E-state index contributed by atoms with van der Waals surface area (Å²) in [5.41, 5.74) is 7.03. The summed E-state index contributed by atoms with van der Waals surface area (Å²) in [7, 11) is 0. The Kier molecular flexibility index (Phi) is 5.93. The molecule has 1 aromatic heterocycles. The number of hydrogen-bond acceptors (Lipinski definition) is 3. The minimum absolute atomic E-state index is 0. The van der Waals surface area contributed by atoms with Crippen molar-refractivity contribution in [2.24, 2.45) is 11.1 Å². The summed E-state index contributed by atoms with van der Waals surface area (Å²) in [6, 6.07) is 9.72. The molecule has 1 heterocycles. The molecular formula is C15H21ClN4O. The molecule has 21 heavy (non-hydrogen) atoms. The molecule has 6 heteroatoms. The number of rotatable bonds is 5. The van der Waals surface area contributed by atoms with Gasteiger partial charge in [-0.1, -0.05) is 18.2 Å². The maximum Gasteiger partial charge on any atom is 0.227 e. The van der Waals surface area contributed by atoms with Gasteiger partial charge in [0.15, 0.2) is 0 Å². The van der Waals surface area contributed by atoms with Gasteiger partial charge in [-0.3, -0.25) is 4.79 Å². The first-order chi connectivity index (χ1) is 9.54. The Morgan fingerprint density at radius 1 is 1.33 bits per heavy atom. The van der Waals surface area contributed by atoms with E-state index >= 15 is 0 Å². The van der Waals surface area contributed by atoms with E-state index in [1.54, 1.807) is 10.9 Å². The average Bonchev–Trinajstić information content (AvgIpc) is 2.99. The van der Waals surface area contributed by atoms with E-state index in [-0.39, 0.29) is 18.3 Å². The van der Waals surface area contributed by atoms with Crippen LogP contribution in [0.4, 0.5) is 0 Å². The Hall–Kier alpha value is -1.85. The number of halogens is 1. The van der Waals surface area contributed by atoms with E-state index in [1.807, 2.05) is 50.4 Å². The van der Waals surface area contributed by atoms with Crippen molar-refractivity contribution in [2.45, 2.75) is 20.4 Å². The number of amides is 1. The number of aromatic nitrogens is 2. The Balaban J connectivity index is 0.00000220. The van der Waals surface area contributed by atoms with E-state index in [0.29, 0.717) is 13.1 Å². The van der Waals surface area contributed by atoms with E-state index in [2.05, 4.69) is 10.4 Å². The summed E-state index contributed by atoms with van der Waals surface area (Å²) >= 11 is 0. The van der Waals surface area contributed by atoms with Gasteiger partial charge in [-0.05, 0) is 31.5 Å². The van der Waals surface area contributed by atoms with Crippen molar-refractivity contribution in [3.63, 3.8) is 0 Å². The van der Waals surface area contributed by atoms with Gasteiger partial charge < -0.3 is 11.1 Å². The van der Waals surface area contributed by atoms with Crippen molar-refractivity contribution < 1.29 is 4.79 Å². The third kappa shape index (κ3) is 4.06. The smallest absolute Gasteiger partial charge is 0.227 e. The highest BCUT2D eigenvalue weighted by Crippen LogP contribution is 2.15. The van der Waals surface area contributed by atoms with Crippen molar-refractivity contribution in [1.29, 1.82) is 0 Å². The minimum Gasteiger partial charge on any atom is -0.351 e. The third-order valence-electron chi connectivity index (χ3n) is 3.31. The lowest BCUT2D eigenvalue weighted by atomic mass is 9.92. The fourth-order valence-corrected chi connectivity index (χ4v) is 1.80. The maximum absolute atomic E-state index is 12.1. The standard InChI is InChI=1S/C15H20N4O.ClH/c1-15(2,11-16)14(20)17-10-12-6-3-4-7-13(12)19-9-5-8-18-19;/h3-9H,10-11,16H2,1-2H3,(H,17,20);1H. The molecule has 0 spiro atoms. The Morgan fingerprint density at radius 2 is 2.05 bits per heavy atom. The van der Waals surface area contributed by atoms with Gasteiger partial charge in [0.1, 0.15) is 0 Å². The molecule has 0 saturated heterocycles. The molecule has 0 bridgehead atoms. The Bertz CT molecular complexity index is 581. The van der Waals surface area contributed by atoms with Crippen molar-refractivity contribution >= 4 is 18.3 Å². The second-order valence-corrected chi connectivity index (χ2v) is 5.35. The van der Waals surface area contributed by atoms with Crippen LogP contribution in [0.2, 0.25) is 0 Å². The fourth-order valence-electron chi connectivity index (χ4n) is 1.80. The summed E-state index contributed by atoms with van der Waals surface area (Å²) in [6.07, 6.45) is 3.61. The van der Waals surface area contributed by atoms with E-state index in [1.165, 1.54) is 0 Å². The van der Waals surface area contributed by atoms with Gasteiger partial charge in [0.2, 0.25) is 5.91 Å². The molecule has 0 aliphatic heterocycles. The number of carbonyl (C=O) groups is 1. The van der Waals surface area contributed by atoms with Crippen LogP contribution in [0.1, 0.15) is 19.4 Å². The van der Waals surface area contributed by atoms with Gasteiger partial charge in [0.05, 0.1) is 11.1 Å². The topological polar surface area (TPSA) is 72.9 Å². The van der Waals surface area contributed by atoms with Crippen LogP contribution < -0.4 is 11.1 Å². The second-order valence-electron chi connectivity index (χ2n) is 5.35. The summed E-state index contributed by atoms with van der Waals surface area (Å²) in [5.74, 6) is -0.0460. The number of nitrogens with one attached hydrogen (secondary N) is 1. The molecule has 5 nitrogen and oxygen atoms in total. The summed E-state index contributed by atoms with van der Waals surface area (Å²) < 4.78 is 1.79. The molecule has 0 radical (unpaired) electrons. The monoisotopic (exact) mass is 308 g/mol. The molecule has 3 N–H and O–H groups in total. The SMILES string of the molecule is CC(C)(CN)C(=O)NCc1ccccc1-n1cccn1.Cl. The van der Waals surface area contributed by atoms with Crippen LogP contribution in [-0.4, -0.2) is 22.2 Å². The van der Waals surface area contributed by atoms with Gasteiger partial charge >= 0.3 is 0 Å². The number of nitrogens with two attached hydrogens (primary N) is 1. The van der Waals surface area contributed by atoms with Gasteiger partial charge in [0, 0.05) is 25.5 Å². The molecule has 0 aliphatic carbocycles. The van der Waals surface area contributed by atoms with E-state index < -0.39 is 5.41 Å². The fraction of sp³-hybridized carbons (Fsp3) is 0.333. The maximum atomic E-state index is 12.1. The van der Waals surface area contributed by atoms with E-state index in [4.69, 9.17) is 5.73 Å². The molecule has 1 aromatic carbocycles. The Morgan fingerprint density at radius 3 is 2.67 bits per heavy atom. The number of carbonyl (C=O) groups excluding carboxylic acids is 1. The van der Waals surface area contributed by atoms with Crippen molar-refractivity contribution in [3.8, 4) is 5.69 Å². The molecule has 0 unspecified atom stereocenters. The third-order valence-corrected chi connectivity index (χ3v) is 3.31. The summed E-state index contributed by atoms with van der Waals surface area (Å²) in [4.78, 5) is 12.1. The molecule has 1 amide bonds. The quantitative estimate of drug-likeness (QED) is 0.886. The lowest BCUT2D eigenvalue weighted by Crippen LogP contribution is -2.41. The summed E-state index contributed by atoms with van der Waals surface area (Å²) in [5, 5.41) is 7.16. The lowest BCUT2D eigenvalue weighted by Gasteiger charge is -2.21. The molecule has 2 aromatic rings. The molecule has 2 rings (SSSR count). The zero-order valence-electron chi connectivity index (χ0n) is 12.2. The Labute approximate surface area is 130 Å². The van der Waals surface area contributed by atoms with Crippen molar-refractivity contribution in [3.05, 3.63) is 48.3 Å². The number of para-hydroxylation sites is 1. The summed E-state index contributed by atoms with van der Waals surface area (Å²) in [6.45, 7) is 4.45. The highest BCUT2D eigenvalue weighted by atomic mass is 35.5. The first-order valence-corrected chi connectivity index (χ1v) is 6.61. The molecule has 0 aliphatic rings. The average molecular weight is 309 g/mol. The first-order valence-electron chi connectivity index (χ1n) is 6.61. The largest absolute Gasteiger partial charge is 0.351 e. The van der Waals surface area contributed by atoms with Crippen LogP contribution in [-0.2, 0) is 11.3 Å². The van der Waals surface area contributed by atoms with Gasteiger partial charge in [-0.2, -0.15) is 5.10 Å². The van der Waals surface area contributed by atoms with E-state index in [0.717, 1.165) is 11.3 Å².